The molecule has 0 amide bonds. The summed E-state index contributed by atoms with van der Waals surface area (Å²) in [6.07, 6.45) is 9.15. The highest BCUT2D eigenvalue weighted by atomic mass is 14.8. The zero-order valence-corrected chi connectivity index (χ0v) is 14.0. The summed E-state index contributed by atoms with van der Waals surface area (Å²) < 4.78 is 0. The Labute approximate surface area is 142 Å². The first-order chi connectivity index (χ1) is 11.8. The number of nitriles is 1. The molecule has 4 nitrogen and oxygen atoms in total. The molecule has 0 fully saturated rings. The first kappa shape index (κ1) is 16.2. The summed E-state index contributed by atoms with van der Waals surface area (Å²) in [6, 6.07) is 10.2. The van der Waals surface area contributed by atoms with Crippen LogP contribution in [0, 0.1) is 18.3 Å². The van der Waals surface area contributed by atoms with Crippen molar-refractivity contribution in [1.29, 1.82) is 5.26 Å². The molecule has 0 unspecified atom stereocenters. The summed E-state index contributed by atoms with van der Waals surface area (Å²) >= 11 is 0. The van der Waals surface area contributed by atoms with Gasteiger partial charge in [0, 0.05) is 36.0 Å². The van der Waals surface area contributed by atoms with Gasteiger partial charge in [-0.15, -0.1) is 0 Å². The lowest BCUT2D eigenvalue weighted by Crippen LogP contribution is -2.15. The van der Waals surface area contributed by atoms with Crippen LogP contribution in [0.3, 0.4) is 0 Å². The van der Waals surface area contributed by atoms with Gasteiger partial charge in [-0.25, -0.2) is 0 Å². The summed E-state index contributed by atoms with van der Waals surface area (Å²) in [5.41, 5.74) is 5.55. The van der Waals surface area contributed by atoms with Crippen molar-refractivity contribution in [1.82, 2.24) is 15.3 Å². The van der Waals surface area contributed by atoms with Gasteiger partial charge in [0.15, 0.2) is 0 Å². The van der Waals surface area contributed by atoms with Gasteiger partial charge in [-0.3, -0.25) is 4.98 Å². The molecule has 2 N–H and O–H groups in total. The summed E-state index contributed by atoms with van der Waals surface area (Å²) in [4.78, 5) is 7.50. The van der Waals surface area contributed by atoms with Crippen LogP contribution < -0.4 is 5.32 Å². The number of hydrogen-bond acceptors (Lipinski definition) is 3. The number of nitrogens with one attached hydrogen (secondary N) is 2. The molecule has 0 saturated carbocycles. The van der Waals surface area contributed by atoms with Crippen LogP contribution in [-0.2, 0) is 13.0 Å². The third-order valence-corrected chi connectivity index (χ3v) is 4.21. The molecule has 3 aromatic rings. The molecule has 3 rings (SSSR count). The molecule has 24 heavy (non-hydrogen) atoms. The normalized spacial score (nSPS) is 10.8. The number of unbranched alkanes of at least 4 members (excludes halogenated alkanes) is 1. The quantitative estimate of drug-likeness (QED) is 0.650. The summed E-state index contributed by atoms with van der Waals surface area (Å²) in [7, 11) is 0. The molecule has 122 valence electrons. The minimum absolute atomic E-state index is 0.719. The second-order valence-corrected chi connectivity index (χ2v) is 6.19. The van der Waals surface area contributed by atoms with Crippen molar-refractivity contribution < 1.29 is 0 Å². The maximum Gasteiger partial charge on any atom is 0.0991 e. The van der Waals surface area contributed by atoms with Crippen LogP contribution in [0.15, 0.2) is 42.9 Å². The van der Waals surface area contributed by atoms with Crippen molar-refractivity contribution in [3.05, 3.63) is 65.1 Å². The van der Waals surface area contributed by atoms with Gasteiger partial charge in [-0.05, 0) is 67.6 Å². The molecule has 0 radical (unpaired) electrons. The largest absolute Gasteiger partial charge is 0.361 e. The third kappa shape index (κ3) is 4.01. The lowest BCUT2D eigenvalue weighted by atomic mass is 10.1. The van der Waals surface area contributed by atoms with Crippen LogP contribution in [0.4, 0.5) is 0 Å². The molecule has 0 aliphatic rings. The van der Waals surface area contributed by atoms with Gasteiger partial charge in [0.1, 0.15) is 0 Å². The Balaban J connectivity index is 1.44. The zero-order chi connectivity index (χ0) is 16.8. The van der Waals surface area contributed by atoms with Crippen LogP contribution in [0.5, 0.6) is 0 Å². The fraction of sp³-hybridized carbons (Fsp3) is 0.300. The van der Waals surface area contributed by atoms with Crippen LogP contribution in [0.25, 0.3) is 10.9 Å². The van der Waals surface area contributed by atoms with E-state index in [1.54, 1.807) is 0 Å². The molecule has 0 saturated heterocycles. The van der Waals surface area contributed by atoms with E-state index in [2.05, 4.69) is 40.5 Å². The lowest BCUT2D eigenvalue weighted by Gasteiger charge is -2.05. The van der Waals surface area contributed by atoms with Gasteiger partial charge in [0.05, 0.1) is 11.6 Å². The van der Waals surface area contributed by atoms with E-state index in [-0.39, 0.29) is 0 Å². The van der Waals surface area contributed by atoms with Crippen molar-refractivity contribution in [3.63, 3.8) is 0 Å². The average Bonchev–Trinajstić information content (AvgIpc) is 3.00. The first-order valence-electron chi connectivity index (χ1n) is 8.37. The van der Waals surface area contributed by atoms with Crippen LogP contribution in [0.2, 0.25) is 0 Å². The minimum Gasteiger partial charge on any atom is -0.361 e. The van der Waals surface area contributed by atoms with Crippen molar-refractivity contribution in [2.24, 2.45) is 0 Å². The third-order valence-electron chi connectivity index (χ3n) is 4.21. The van der Waals surface area contributed by atoms with E-state index in [1.165, 1.54) is 22.1 Å². The van der Waals surface area contributed by atoms with Gasteiger partial charge < -0.3 is 10.3 Å². The van der Waals surface area contributed by atoms with Crippen molar-refractivity contribution in [3.8, 4) is 6.07 Å². The Morgan fingerprint density at radius 1 is 1.21 bits per heavy atom. The van der Waals surface area contributed by atoms with Crippen molar-refractivity contribution >= 4 is 10.9 Å². The highest BCUT2D eigenvalue weighted by Crippen LogP contribution is 2.21. The van der Waals surface area contributed by atoms with Crippen LogP contribution >= 0.6 is 0 Å². The molecular formula is C20H22N4. The second kappa shape index (κ2) is 7.76. The number of fused-ring (bicyclic) bond motifs is 1. The lowest BCUT2D eigenvalue weighted by molar-refractivity contribution is 0.622. The number of benzene rings is 1. The highest BCUT2D eigenvalue weighted by molar-refractivity contribution is 5.84. The van der Waals surface area contributed by atoms with Gasteiger partial charge in [-0.1, -0.05) is 6.07 Å². The second-order valence-electron chi connectivity index (χ2n) is 6.19. The molecule has 0 aliphatic heterocycles. The van der Waals surface area contributed by atoms with Gasteiger partial charge >= 0.3 is 0 Å². The molecular weight excluding hydrogens is 296 g/mol. The molecule has 0 bridgehead atoms. The fourth-order valence-corrected chi connectivity index (χ4v) is 2.97. The fourth-order valence-electron chi connectivity index (χ4n) is 2.97. The van der Waals surface area contributed by atoms with E-state index < -0.39 is 0 Å². The summed E-state index contributed by atoms with van der Waals surface area (Å²) in [5, 5.41) is 13.7. The number of nitrogens with zero attached hydrogens (tertiary/aromatic N) is 2. The highest BCUT2D eigenvalue weighted by Gasteiger charge is 2.04. The van der Waals surface area contributed by atoms with E-state index in [1.807, 2.05) is 30.6 Å². The molecule has 4 heteroatoms. The monoisotopic (exact) mass is 318 g/mol. The smallest absolute Gasteiger partial charge is 0.0991 e. The predicted octanol–water partition coefficient (Wildman–Crippen LogP) is 3.86. The number of H-pyrrole nitrogens is 1. The van der Waals surface area contributed by atoms with Crippen molar-refractivity contribution in [2.75, 3.05) is 6.54 Å². The molecule has 0 atom stereocenters. The van der Waals surface area contributed by atoms with Gasteiger partial charge in [-0.2, -0.15) is 5.26 Å². The zero-order valence-electron chi connectivity index (χ0n) is 14.0. The Kier molecular flexibility index (Phi) is 5.25. The van der Waals surface area contributed by atoms with Crippen LogP contribution in [-0.4, -0.2) is 16.5 Å². The first-order valence-corrected chi connectivity index (χ1v) is 8.37. The number of rotatable bonds is 7. The van der Waals surface area contributed by atoms with E-state index in [0.717, 1.165) is 43.4 Å². The van der Waals surface area contributed by atoms with Crippen LogP contribution in [0.1, 0.15) is 35.1 Å². The Morgan fingerprint density at radius 2 is 2.12 bits per heavy atom. The molecule has 0 spiro atoms. The molecule has 2 heterocycles. The summed E-state index contributed by atoms with van der Waals surface area (Å²) in [6.45, 7) is 3.93. The number of hydrogen-bond donors (Lipinski definition) is 2. The maximum absolute atomic E-state index is 9.04. The SMILES string of the molecule is Cc1cncc(CNCCCCc2c[nH]c3ccc(C#N)cc23)c1. The van der Waals surface area contributed by atoms with E-state index >= 15 is 0 Å². The Bertz CT molecular complexity index is 857. The summed E-state index contributed by atoms with van der Waals surface area (Å²) in [5.74, 6) is 0. The number of aromatic nitrogens is 2. The Morgan fingerprint density at radius 3 is 2.96 bits per heavy atom. The Hall–Kier alpha value is -2.64. The van der Waals surface area contributed by atoms with E-state index in [0.29, 0.717) is 0 Å². The van der Waals surface area contributed by atoms with E-state index in [4.69, 9.17) is 5.26 Å². The maximum atomic E-state index is 9.04. The molecule has 1 aromatic carbocycles. The van der Waals surface area contributed by atoms with Gasteiger partial charge in [0.25, 0.3) is 0 Å². The number of pyridine rings is 1. The molecule has 0 aliphatic carbocycles. The van der Waals surface area contributed by atoms with Gasteiger partial charge in [0.2, 0.25) is 0 Å². The van der Waals surface area contributed by atoms with E-state index in [9.17, 15) is 0 Å². The topological polar surface area (TPSA) is 64.5 Å². The number of aryl methyl sites for hydroxylation is 2. The minimum atomic E-state index is 0.719. The predicted molar refractivity (Wildman–Crippen MR) is 96.6 cm³/mol. The number of aromatic amines is 1. The average molecular weight is 318 g/mol. The standard InChI is InChI=1S/C20H22N4/c1-15-8-17(13-23-11-15)12-22-7-3-2-4-18-14-24-20-6-5-16(10-21)9-19(18)20/h5-6,8-9,11,13-14,22,24H,2-4,7,12H2,1H3. The molecule has 2 aromatic heterocycles. The van der Waals surface area contributed by atoms with Crippen molar-refractivity contribution in [2.45, 2.75) is 32.7 Å².